The minimum atomic E-state index is 0.356. The first-order valence-electron chi connectivity index (χ1n) is 11.1. The molecule has 2 aromatic heterocycles. The van der Waals surface area contributed by atoms with Gasteiger partial charge in [0.15, 0.2) is 0 Å². The lowest BCUT2D eigenvalue weighted by molar-refractivity contribution is 0.332. The fourth-order valence-corrected chi connectivity index (χ4v) is 4.98. The van der Waals surface area contributed by atoms with Gasteiger partial charge in [-0.15, -0.1) is 0 Å². The van der Waals surface area contributed by atoms with Crippen LogP contribution in [-0.4, -0.2) is 23.1 Å². The molecule has 4 nitrogen and oxygen atoms in total. The molecule has 1 aliphatic heterocycles. The van der Waals surface area contributed by atoms with Gasteiger partial charge >= 0.3 is 0 Å². The minimum Gasteiger partial charge on any atom is -0.358 e. The van der Waals surface area contributed by atoms with Crippen LogP contribution in [0.2, 0.25) is 5.02 Å². The van der Waals surface area contributed by atoms with Gasteiger partial charge in [-0.2, -0.15) is 5.26 Å². The Balaban J connectivity index is 1.67. The molecule has 1 saturated heterocycles. The summed E-state index contributed by atoms with van der Waals surface area (Å²) in [4.78, 5) is 8.27. The molecular formula is C27H25ClN4. The summed E-state index contributed by atoms with van der Waals surface area (Å²) in [5.41, 5.74) is 7.27. The van der Waals surface area contributed by atoms with Crippen LogP contribution in [0.1, 0.15) is 36.9 Å². The van der Waals surface area contributed by atoms with E-state index in [4.69, 9.17) is 11.6 Å². The van der Waals surface area contributed by atoms with Crippen LogP contribution >= 0.6 is 11.6 Å². The quantitative estimate of drug-likeness (QED) is 0.379. The molecule has 0 bridgehead atoms. The molecule has 0 amide bonds. The van der Waals surface area contributed by atoms with Crippen LogP contribution in [0.3, 0.4) is 0 Å². The van der Waals surface area contributed by atoms with E-state index in [1.54, 1.807) is 0 Å². The molecule has 5 heteroatoms. The van der Waals surface area contributed by atoms with Gasteiger partial charge in [0.25, 0.3) is 0 Å². The predicted octanol–water partition coefficient (Wildman–Crippen LogP) is 6.53. The molecule has 160 valence electrons. The van der Waals surface area contributed by atoms with E-state index in [2.05, 4.69) is 34.3 Å². The van der Waals surface area contributed by atoms with Crippen LogP contribution in [0.5, 0.6) is 0 Å². The average molecular weight is 441 g/mol. The number of rotatable bonds is 4. The molecule has 5 rings (SSSR count). The highest BCUT2D eigenvalue weighted by molar-refractivity contribution is 6.30. The summed E-state index contributed by atoms with van der Waals surface area (Å²) in [7, 11) is 0. The summed E-state index contributed by atoms with van der Waals surface area (Å²) in [5, 5.41) is 14.8. The van der Waals surface area contributed by atoms with Crippen LogP contribution in [0.25, 0.3) is 33.2 Å². The molecule has 4 aromatic rings. The van der Waals surface area contributed by atoms with Gasteiger partial charge in [-0.05, 0) is 73.8 Å². The highest BCUT2D eigenvalue weighted by atomic mass is 35.5. The molecule has 0 saturated carbocycles. The summed E-state index contributed by atoms with van der Waals surface area (Å²) in [5.74, 6) is 0.924. The number of aromatic nitrogens is 2. The summed E-state index contributed by atoms with van der Waals surface area (Å²) in [6, 6.07) is 18.2. The predicted molar refractivity (Wildman–Crippen MR) is 131 cm³/mol. The number of pyridine rings is 1. The smallest absolute Gasteiger partial charge is 0.0991 e. The first kappa shape index (κ1) is 20.8. The SMILES string of the molecule is CC(c1[nH]c2ccc(C#N)cc2c1-c1cncc(-c2ccc(Cl)cc2)c1)C1CCCNC1. The first-order valence-corrected chi connectivity index (χ1v) is 11.5. The van der Waals surface area contributed by atoms with Gasteiger partial charge in [0.05, 0.1) is 11.6 Å². The molecule has 0 aliphatic carbocycles. The Morgan fingerprint density at radius 1 is 1.06 bits per heavy atom. The zero-order chi connectivity index (χ0) is 22.1. The summed E-state index contributed by atoms with van der Waals surface area (Å²) in [6.45, 7) is 4.44. The first-order chi connectivity index (χ1) is 15.6. The highest BCUT2D eigenvalue weighted by Crippen LogP contribution is 2.41. The van der Waals surface area contributed by atoms with E-state index in [9.17, 15) is 5.26 Å². The van der Waals surface area contributed by atoms with Crippen LogP contribution in [0, 0.1) is 17.2 Å². The number of aromatic amines is 1. The molecule has 3 heterocycles. The number of halogens is 1. The second-order valence-corrected chi connectivity index (χ2v) is 9.09. The molecule has 2 N–H and O–H groups in total. The van der Waals surface area contributed by atoms with Crippen LogP contribution in [0.4, 0.5) is 0 Å². The Kier molecular flexibility index (Phi) is 5.70. The number of nitrogens with zero attached hydrogens (tertiary/aromatic N) is 2. The van der Waals surface area contributed by atoms with E-state index in [1.807, 2.05) is 54.9 Å². The lowest BCUT2D eigenvalue weighted by Crippen LogP contribution is -2.32. The van der Waals surface area contributed by atoms with Crippen LogP contribution in [-0.2, 0) is 0 Å². The molecule has 2 aromatic carbocycles. The number of H-pyrrole nitrogens is 1. The van der Waals surface area contributed by atoms with Gasteiger partial charge in [0, 0.05) is 56.6 Å². The van der Waals surface area contributed by atoms with E-state index >= 15 is 0 Å². The fraction of sp³-hybridized carbons (Fsp3) is 0.259. The summed E-state index contributed by atoms with van der Waals surface area (Å²) in [6.07, 6.45) is 6.24. The molecule has 0 radical (unpaired) electrons. The van der Waals surface area contributed by atoms with E-state index in [1.165, 1.54) is 18.5 Å². The van der Waals surface area contributed by atoms with Crippen molar-refractivity contribution in [1.82, 2.24) is 15.3 Å². The van der Waals surface area contributed by atoms with Crippen molar-refractivity contribution < 1.29 is 0 Å². The molecule has 2 atom stereocenters. The van der Waals surface area contributed by atoms with Gasteiger partial charge in [-0.3, -0.25) is 4.98 Å². The molecular weight excluding hydrogens is 416 g/mol. The molecule has 32 heavy (non-hydrogen) atoms. The van der Waals surface area contributed by atoms with Crippen molar-refractivity contribution in [3.05, 3.63) is 77.2 Å². The summed E-state index contributed by atoms with van der Waals surface area (Å²) < 4.78 is 0. The van der Waals surface area contributed by atoms with Gasteiger partial charge < -0.3 is 10.3 Å². The van der Waals surface area contributed by atoms with Crippen molar-refractivity contribution in [1.29, 1.82) is 5.26 Å². The van der Waals surface area contributed by atoms with Crippen LogP contribution < -0.4 is 5.32 Å². The maximum Gasteiger partial charge on any atom is 0.0991 e. The minimum absolute atomic E-state index is 0.356. The highest BCUT2D eigenvalue weighted by Gasteiger charge is 2.26. The third kappa shape index (κ3) is 3.90. The summed E-state index contributed by atoms with van der Waals surface area (Å²) >= 11 is 6.08. The Bertz CT molecular complexity index is 1290. The molecule has 0 spiro atoms. The number of nitrogens with one attached hydrogen (secondary N) is 2. The number of fused-ring (bicyclic) bond motifs is 1. The number of hydrogen-bond donors (Lipinski definition) is 2. The molecule has 1 fully saturated rings. The van der Waals surface area contributed by atoms with Gasteiger partial charge in [0.2, 0.25) is 0 Å². The Hall–Kier alpha value is -3.13. The second-order valence-electron chi connectivity index (χ2n) is 8.65. The van der Waals surface area contributed by atoms with E-state index in [0.717, 1.165) is 51.3 Å². The lowest BCUT2D eigenvalue weighted by Gasteiger charge is -2.28. The Labute approximate surface area is 193 Å². The zero-order valence-electron chi connectivity index (χ0n) is 18.0. The van der Waals surface area contributed by atoms with Crippen molar-refractivity contribution in [2.75, 3.05) is 13.1 Å². The monoisotopic (exact) mass is 440 g/mol. The van der Waals surface area contributed by atoms with Crippen molar-refractivity contribution in [2.45, 2.75) is 25.7 Å². The van der Waals surface area contributed by atoms with Crippen molar-refractivity contribution in [2.24, 2.45) is 5.92 Å². The van der Waals surface area contributed by atoms with Gasteiger partial charge in [-0.1, -0.05) is 30.7 Å². The standard InChI is InChI=1S/C27H25ClN4/c1-17(20-3-2-10-30-14-20)27-26(24-11-18(13-29)4-9-25(24)32-27)22-12-21(15-31-16-22)19-5-7-23(28)8-6-19/h4-9,11-12,15-17,20,30,32H,2-3,10,14H2,1H3. The normalized spacial score (nSPS) is 17.2. The number of nitriles is 1. The topological polar surface area (TPSA) is 64.5 Å². The third-order valence-electron chi connectivity index (χ3n) is 6.66. The van der Waals surface area contributed by atoms with Crippen LogP contribution in [0.15, 0.2) is 60.9 Å². The second kappa shape index (κ2) is 8.78. The third-order valence-corrected chi connectivity index (χ3v) is 6.91. The average Bonchev–Trinajstić information content (AvgIpc) is 3.23. The number of benzene rings is 2. The number of hydrogen-bond acceptors (Lipinski definition) is 3. The van der Waals surface area contributed by atoms with Crippen molar-refractivity contribution >= 4 is 22.5 Å². The Morgan fingerprint density at radius 3 is 2.62 bits per heavy atom. The Morgan fingerprint density at radius 2 is 1.88 bits per heavy atom. The number of piperidine rings is 1. The van der Waals surface area contributed by atoms with Crippen molar-refractivity contribution in [3.63, 3.8) is 0 Å². The molecule has 1 aliphatic rings. The van der Waals surface area contributed by atoms with Gasteiger partial charge in [0.1, 0.15) is 0 Å². The fourth-order valence-electron chi connectivity index (χ4n) is 4.85. The largest absolute Gasteiger partial charge is 0.358 e. The van der Waals surface area contributed by atoms with E-state index in [-0.39, 0.29) is 0 Å². The van der Waals surface area contributed by atoms with E-state index in [0.29, 0.717) is 17.4 Å². The van der Waals surface area contributed by atoms with E-state index < -0.39 is 0 Å². The maximum atomic E-state index is 9.50. The van der Waals surface area contributed by atoms with Gasteiger partial charge in [-0.25, -0.2) is 0 Å². The lowest BCUT2D eigenvalue weighted by atomic mass is 9.83. The zero-order valence-corrected chi connectivity index (χ0v) is 18.8. The molecule has 2 unspecified atom stereocenters. The maximum absolute atomic E-state index is 9.50. The van der Waals surface area contributed by atoms with Crippen molar-refractivity contribution in [3.8, 4) is 28.3 Å².